The molecule has 0 aromatic heterocycles. The number of hydrogen-bond acceptors (Lipinski definition) is 8. The molecule has 0 N–H and O–H groups in total. The Kier molecular flexibility index (Phi) is 18.0. The molecule has 4 aromatic rings. The van der Waals surface area contributed by atoms with Gasteiger partial charge in [-0.05, 0) is 89.8 Å². The number of phosphoric acid groups is 2. The first kappa shape index (κ1) is 59.8. The fraction of sp³-hybridized carbons (Fsp3) is 0.561. The van der Waals surface area contributed by atoms with E-state index in [1.54, 1.807) is 24.3 Å². The first-order chi connectivity index (χ1) is 29.9. The average Bonchev–Trinajstić information content (AvgIpc) is 3.11. The van der Waals surface area contributed by atoms with Gasteiger partial charge in [0.25, 0.3) is 0 Å². The molecule has 0 fully saturated rings. The van der Waals surface area contributed by atoms with E-state index in [-0.39, 0.29) is 51.2 Å². The minimum atomic E-state index is -4.75. The van der Waals surface area contributed by atoms with E-state index in [4.69, 9.17) is 27.1 Å². The van der Waals surface area contributed by atoms with Gasteiger partial charge < -0.3 is 27.1 Å². The normalized spacial score (nSPS) is 13.8. The van der Waals surface area contributed by atoms with Gasteiger partial charge in [0.15, 0.2) is 0 Å². The van der Waals surface area contributed by atoms with Gasteiger partial charge in [-0.3, -0.25) is 0 Å². The zero-order chi connectivity index (χ0) is 51.4. The predicted octanol–water partition coefficient (Wildman–Crippen LogP) is 15.1. The van der Waals surface area contributed by atoms with Gasteiger partial charge in [0.2, 0.25) is 0 Å². The van der Waals surface area contributed by atoms with Crippen molar-refractivity contribution in [2.45, 2.75) is 209 Å². The van der Waals surface area contributed by atoms with E-state index in [1.165, 1.54) is 0 Å². The minimum Gasteiger partial charge on any atom is -0.417 e. The Morgan fingerprint density at radius 3 is 0.632 bits per heavy atom. The topological polar surface area (TPSA) is 89.5 Å². The molecule has 0 saturated heterocycles. The van der Waals surface area contributed by atoms with E-state index >= 15 is 9.13 Å². The van der Waals surface area contributed by atoms with Crippen LogP contribution in [0.2, 0.25) is 0 Å². The molecule has 0 saturated carbocycles. The van der Waals surface area contributed by atoms with Crippen LogP contribution in [0.3, 0.4) is 0 Å². The molecule has 0 heterocycles. The van der Waals surface area contributed by atoms with Gasteiger partial charge in [-0.25, -0.2) is 9.13 Å². The van der Waals surface area contributed by atoms with E-state index in [0.717, 1.165) is 51.3 Å². The summed E-state index contributed by atoms with van der Waals surface area (Å²) in [5.74, 6) is 1.22. The number of benzene rings is 4. The minimum absolute atomic E-state index is 0. The van der Waals surface area contributed by atoms with Gasteiger partial charge in [0, 0.05) is 22.3 Å². The summed E-state index contributed by atoms with van der Waals surface area (Å²) in [4.78, 5) is 0. The van der Waals surface area contributed by atoms with Gasteiger partial charge >= 0.3 is 45.2 Å². The molecule has 0 amide bonds. The van der Waals surface area contributed by atoms with Crippen molar-refractivity contribution in [2.75, 3.05) is 0 Å². The van der Waals surface area contributed by atoms with Crippen molar-refractivity contribution in [1.82, 2.24) is 0 Å². The van der Waals surface area contributed by atoms with Crippen molar-refractivity contribution in [2.24, 2.45) is 0 Å². The molecule has 11 heteroatoms. The van der Waals surface area contributed by atoms with Crippen molar-refractivity contribution >= 4 is 15.6 Å². The summed E-state index contributed by atoms with van der Waals surface area (Å²) in [5.41, 5.74) is 5.06. The second-order valence-electron chi connectivity index (χ2n) is 26.4. The molecule has 0 aliphatic carbocycles. The predicted molar refractivity (Wildman–Crippen MR) is 280 cm³/mol. The molecule has 4 aromatic carbocycles. The Hall–Kier alpha value is -2.54. The van der Waals surface area contributed by atoms with E-state index in [0.29, 0.717) is 23.0 Å². The Morgan fingerprint density at radius 2 is 0.485 bits per heavy atom. The molecule has 0 spiro atoms. The van der Waals surface area contributed by atoms with Crippen LogP contribution >= 0.6 is 15.6 Å². The standard InChI is InChI=1S/C57H85O8P2.Na/c1-50(2,3)38-25-29-46(42(33-38)54(13,14)15)62-66(58,63-47-30-26-39(51(4,5)6)34-43(47)55(16,17)18)60-37-61-67(59,64-48-31-27-40(52(7,8)9)35-44(48)56(19,20)21)65-49-32-28-41(53(10,11)12)36-45(49)57(22,23)24;/h25-37H,1-24H3;/q-1;+1. The van der Waals surface area contributed by atoms with Crippen LogP contribution in [0.15, 0.2) is 72.8 Å². The number of hydrogen-bond donors (Lipinski definition) is 0. The van der Waals surface area contributed by atoms with Crippen molar-refractivity contribution in [1.29, 1.82) is 0 Å². The van der Waals surface area contributed by atoms with Gasteiger partial charge in [-0.2, -0.15) is 0 Å². The van der Waals surface area contributed by atoms with Gasteiger partial charge in [0.1, 0.15) is 23.0 Å². The van der Waals surface area contributed by atoms with Crippen molar-refractivity contribution < 1.29 is 65.8 Å². The number of rotatable bonds is 12. The molecule has 8 nitrogen and oxygen atoms in total. The van der Waals surface area contributed by atoms with Crippen LogP contribution < -0.4 is 47.7 Å². The summed E-state index contributed by atoms with van der Waals surface area (Å²) in [6, 6.07) is 23.3. The van der Waals surface area contributed by atoms with Crippen LogP contribution in [0, 0.1) is 6.79 Å². The van der Waals surface area contributed by atoms with Gasteiger partial charge in [0.05, 0.1) is 0 Å². The maximum absolute atomic E-state index is 15.6. The Labute approximate surface area is 435 Å². The first-order valence-electron chi connectivity index (χ1n) is 23.7. The maximum Gasteiger partial charge on any atom is 1.00 e. The van der Waals surface area contributed by atoms with Crippen LogP contribution in [0.25, 0.3) is 0 Å². The van der Waals surface area contributed by atoms with E-state index in [2.05, 4.69) is 190 Å². The molecule has 0 radical (unpaired) electrons. The molecular weight excluding hydrogens is 898 g/mol. The monoisotopic (exact) mass is 983 g/mol. The summed E-state index contributed by atoms with van der Waals surface area (Å²) < 4.78 is 69.3. The summed E-state index contributed by atoms with van der Waals surface area (Å²) in [5, 5.41) is 0. The van der Waals surface area contributed by atoms with E-state index in [9.17, 15) is 0 Å². The summed E-state index contributed by atoms with van der Waals surface area (Å²) in [6.45, 7) is 51.2. The fourth-order valence-electron chi connectivity index (χ4n) is 7.38. The molecule has 0 unspecified atom stereocenters. The van der Waals surface area contributed by atoms with Crippen LogP contribution in [0.1, 0.15) is 211 Å². The molecule has 4 rings (SSSR count). The zero-order valence-electron chi connectivity index (χ0n) is 46.7. The SMILES string of the molecule is CC(C)(C)c1ccc(OP(=O)(O[CH-]OP(=O)(Oc2ccc(C(C)(C)C)cc2C(C)(C)C)Oc2ccc(C(C)(C)C)cc2C(C)(C)C)Oc2ccc(C(C)(C)C)cc2C(C)(C)C)c(C(C)(C)C)c1.[Na+]. The smallest absolute Gasteiger partial charge is 0.417 e. The van der Waals surface area contributed by atoms with Crippen LogP contribution in [-0.4, -0.2) is 0 Å². The fourth-order valence-corrected chi connectivity index (χ4v) is 9.59. The number of phosphoric ester groups is 2. The Morgan fingerprint density at radius 1 is 0.309 bits per heavy atom. The third-order valence-corrected chi connectivity index (χ3v) is 14.2. The molecule has 0 bridgehead atoms. The second-order valence-corrected chi connectivity index (χ2v) is 29.4. The second kappa shape index (κ2) is 20.5. The van der Waals surface area contributed by atoms with Crippen molar-refractivity contribution in [3.8, 4) is 23.0 Å². The van der Waals surface area contributed by atoms with Crippen LogP contribution in [0.4, 0.5) is 0 Å². The summed E-state index contributed by atoms with van der Waals surface area (Å²) in [7, 11) is -9.51. The van der Waals surface area contributed by atoms with Crippen LogP contribution in [-0.2, 0) is 61.5 Å². The molecule has 372 valence electrons. The third kappa shape index (κ3) is 15.7. The molecule has 0 aliphatic rings. The van der Waals surface area contributed by atoms with Crippen molar-refractivity contribution in [3.05, 3.63) is 124 Å². The molecule has 0 aliphatic heterocycles. The Bertz CT molecular complexity index is 2150. The quantitative estimate of drug-likeness (QED) is 0.0788. The van der Waals surface area contributed by atoms with Gasteiger partial charge in [-0.1, -0.05) is 221 Å². The average molecular weight is 983 g/mol. The largest absolute Gasteiger partial charge is 1.00 e. The summed E-state index contributed by atoms with van der Waals surface area (Å²) >= 11 is 0. The third-order valence-electron chi connectivity index (χ3n) is 11.8. The Balaban J connectivity index is 0.0000122. The van der Waals surface area contributed by atoms with Crippen molar-refractivity contribution in [3.63, 3.8) is 0 Å². The molecule has 0 atom stereocenters. The summed E-state index contributed by atoms with van der Waals surface area (Å²) in [6.07, 6.45) is 0. The first-order valence-corrected chi connectivity index (χ1v) is 26.6. The van der Waals surface area contributed by atoms with E-state index < -0.39 is 37.3 Å². The molecular formula is C57H85NaO8P2. The van der Waals surface area contributed by atoms with E-state index in [1.807, 2.05) is 24.3 Å². The van der Waals surface area contributed by atoms with Crippen LogP contribution in [0.5, 0.6) is 23.0 Å². The van der Waals surface area contributed by atoms with Gasteiger partial charge in [-0.15, -0.1) is 0 Å². The molecule has 68 heavy (non-hydrogen) atoms. The maximum atomic E-state index is 15.6. The zero-order valence-corrected chi connectivity index (χ0v) is 50.5.